The van der Waals surface area contributed by atoms with Crippen LogP contribution < -0.4 is 5.32 Å². The Kier molecular flexibility index (Phi) is 0.910. The van der Waals surface area contributed by atoms with E-state index in [4.69, 9.17) is 4.74 Å². The van der Waals surface area contributed by atoms with E-state index in [0.717, 1.165) is 6.42 Å². The van der Waals surface area contributed by atoms with Crippen LogP contribution in [0.3, 0.4) is 0 Å². The summed E-state index contributed by atoms with van der Waals surface area (Å²) in [4.78, 5) is 10.9. The van der Waals surface area contributed by atoms with Crippen molar-refractivity contribution >= 4 is 6.09 Å². The minimum Gasteiger partial charge on any atom is -0.446 e. The summed E-state index contributed by atoms with van der Waals surface area (Å²) in [6.45, 7) is 0. The first kappa shape index (κ1) is 5.86. The third-order valence-corrected chi connectivity index (χ3v) is 3.08. The molecule has 3 aliphatic rings. The Balaban J connectivity index is 1.92. The van der Waals surface area contributed by atoms with Crippen LogP contribution in [0.15, 0.2) is 0 Å². The summed E-state index contributed by atoms with van der Waals surface area (Å²) in [5.41, 5.74) is 0. The van der Waals surface area contributed by atoms with Gasteiger partial charge in [0.05, 0.1) is 0 Å². The second-order valence-corrected chi connectivity index (χ2v) is 3.71. The van der Waals surface area contributed by atoms with Crippen molar-refractivity contribution in [2.45, 2.75) is 25.0 Å². The Bertz CT molecular complexity index is 198. The predicted octanol–water partition coefficient (Wildman–Crippen LogP) is 0.707. The number of rotatable bonds is 0. The molecular formula is C8H10NO2. The second-order valence-electron chi connectivity index (χ2n) is 3.71. The smallest absolute Gasteiger partial charge is 0.407 e. The van der Waals surface area contributed by atoms with Crippen molar-refractivity contribution in [3.8, 4) is 0 Å². The molecule has 4 unspecified atom stereocenters. The van der Waals surface area contributed by atoms with Gasteiger partial charge in [-0.3, -0.25) is 0 Å². The van der Waals surface area contributed by atoms with Crippen molar-refractivity contribution in [3.05, 3.63) is 6.42 Å². The molecule has 2 saturated carbocycles. The molecule has 1 amide bonds. The van der Waals surface area contributed by atoms with E-state index in [2.05, 4.69) is 11.7 Å². The number of ether oxygens (including phenoxy) is 1. The molecule has 11 heavy (non-hydrogen) atoms. The highest BCUT2D eigenvalue weighted by Gasteiger charge is 2.51. The summed E-state index contributed by atoms with van der Waals surface area (Å²) in [6, 6.07) is 0.413. The fraction of sp³-hybridized carbons (Fsp3) is 0.750. The molecular weight excluding hydrogens is 142 g/mol. The van der Waals surface area contributed by atoms with Crippen LogP contribution in [0.4, 0.5) is 4.79 Å². The van der Waals surface area contributed by atoms with E-state index in [1.807, 2.05) is 0 Å². The van der Waals surface area contributed by atoms with Crippen molar-refractivity contribution < 1.29 is 9.53 Å². The Morgan fingerprint density at radius 3 is 3.18 bits per heavy atom. The van der Waals surface area contributed by atoms with Crippen LogP contribution in [0.25, 0.3) is 0 Å². The first-order valence-corrected chi connectivity index (χ1v) is 4.15. The van der Waals surface area contributed by atoms with E-state index >= 15 is 0 Å². The zero-order valence-electron chi connectivity index (χ0n) is 6.12. The minimum absolute atomic E-state index is 0.132. The van der Waals surface area contributed by atoms with Gasteiger partial charge in [0.25, 0.3) is 0 Å². The SMILES string of the molecule is O=C1NC2CC3[CH]C(O1)C2C3. The van der Waals surface area contributed by atoms with E-state index in [-0.39, 0.29) is 12.2 Å². The third kappa shape index (κ3) is 0.659. The molecule has 1 aliphatic heterocycles. The lowest BCUT2D eigenvalue weighted by Gasteiger charge is -2.34. The molecule has 0 aromatic heterocycles. The molecule has 3 heteroatoms. The van der Waals surface area contributed by atoms with Gasteiger partial charge in [-0.25, -0.2) is 4.79 Å². The summed E-state index contributed by atoms with van der Waals surface area (Å²) >= 11 is 0. The fourth-order valence-corrected chi connectivity index (χ4v) is 2.64. The van der Waals surface area contributed by atoms with Crippen molar-refractivity contribution in [2.75, 3.05) is 0 Å². The lowest BCUT2D eigenvalue weighted by Crippen LogP contribution is -2.51. The van der Waals surface area contributed by atoms with Crippen molar-refractivity contribution in [3.63, 3.8) is 0 Å². The van der Waals surface area contributed by atoms with Crippen LogP contribution in [0.1, 0.15) is 12.8 Å². The molecule has 3 nitrogen and oxygen atoms in total. The lowest BCUT2D eigenvalue weighted by atomic mass is 9.92. The Hall–Kier alpha value is -0.730. The Labute approximate surface area is 65.1 Å². The van der Waals surface area contributed by atoms with Gasteiger partial charge < -0.3 is 10.1 Å². The van der Waals surface area contributed by atoms with Gasteiger partial charge in [0, 0.05) is 18.4 Å². The van der Waals surface area contributed by atoms with Crippen LogP contribution in [0, 0.1) is 18.3 Å². The van der Waals surface area contributed by atoms with E-state index in [9.17, 15) is 4.79 Å². The highest BCUT2D eigenvalue weighted by molar-refractivity contribution is 5.69. The average Bonchev–Trinajstić information content (AvgIpc) is 2.41. The van der Waals surface area contributed by atoms with E-state index in [0.29, 0.717) is 17.9 Å². The van der Waals surface area contributed by atoms with Crippen LogP contribution in [0.2, 0.25) is 0 Å². The maximum absolute atomic E-state index is 10.9. The summed E-state index contributed by atoms with van der Waals surface area (Å²) in [5.74, 6) is 1.29. The summed E-state index contributed by atoms with van der Waals surface area (Å²) in [5, 5.41) is 2.86. The van der Waals surface area contributed by atoms with Crippen molar-refractivity contribution in [2.24, 2.45) is 11.8 Å². The molecule has 4 atom stereocenters. The number of alkyl carbamates (subject to hydrolysis) is 1. The predicted molar refractivity (Wildman–Crippen MR) is 37.7 cm³/mol. The second kappa shape index (κ2) is 1.71. The average molecular weight is 152 g/mol. The standard InChI is InChI=1S/C8H10NO2/c10-8-9-6-2-4-1-5(6)7(3-4)11-8/h3-7H,1-2H2,(H,9,10). The maximum atomic E-state index is 10.9. The summed E-state index contributed by atoms with van der Waals surface area (Å²) in [7, 11) is 0. The molecule has 1 heterocycles. The van der Waals surface area contributed by atoms with E-state index in [1.165, 1.54) is 6.42 Å². The van der Waals surface area contributed by atoms with Gasteiger partial charge in [0.2, 0.25) is 0 Å². The number of hydrogen-bond acceptors (Lipinski definition) is 2. The largest absolute Gasteiger partial charge is 0.446 e. The molecule has 3 fully saturated rings. The molecule has 3 rings (SSSR count). The van der Waals surface area contributed by atoms with Gasteiger partial charge in [-0.05, 0) is 18.8 Å². The van der Waals surface area contributed by atoms with Crippen LogP contribution >= 0.6 is 0 Å². The molecule has 0 spiro atoms. The monoisotopic (exact) mass is 152 g/mol. The summed E-state index contributed by atoms with van der Waals surface area (Å²) < 4.78 is 5.11. The molecule has 1 saturated heterocycles. The van der Waals surface area contributed by atoms with Crippen LogP contribution in [0.5, 0.6) is 0 Å². The number of amides is 1. The molecule has 0 aromatic rings. The third-order valence-electron chi connectivity index (χ3n) is 3.08. The van der Waals surface area contributed by atoms with Crippen LogP contribution in [-0.4, -0.2) is 18.2 Å². The topological polar surface area (TPSA) is 38.3 Å². The number of carbonyl (C=O) groups is 1. The number of nitrogens with one attached hydrogen (secondary N) is 1. The molecule has 1 N–H and O–H groups in total. The highest BCUT2D eigenvalue weighted by Crippen LogP contribution is 2.47. The van der Waals surface area contributed by atoms with Gasteiger partial charge >= 0.3 is 6.09 Å². The summed E-state index contributed by atoms with van der Waals surface area (Å²) in [6.07, 6.45) is 4.45. The van der Waals surface area contributed by atoms with E-state index < -0.39 is 0 Å². The van der Waals surface area contributed by atoms with Gasteiger partial charge in [0.15, 0.2) is 0 Å². The normalized spacial score (nSPS) is 52.2. The number of carbonyl (C=O) groups excluding carboxylic acids is 1. The Morgan fingerprint density at radius 1 is 1.55 bits per heavy atom. The van der Waals surface area contributed by atoms with Crippen molar-refractivity contribution in [1.82, 2.24) is 5.32 Å². The zero-order valence-corrected chi connectivity index (χ0v) is 6.12. The molecule has 2 bridgehead atoms. The molecule has 1 radical (unpaired) electrons. The minimum atomic E-state index is -0.229. The quantitative estimate of drug-likeness (QED) is 0.555. The van der Waals surface area contributed by atoms with Gasteiger partial charge in [-0.2, -0.15) is 0 Å². The first-order valence-electron chi connectivity index (χ1n) is 4.15. The maximum Gasteiger partial charge on any atom is 0.407 e. The van der Waals surface area contributed by atoms with Gasteiger partial charge in [0.1, 0.15) is 6.10 Å². The zero-order chi connectivity index (χ0) is 7.42. The number of hydrogen-bond donors (Lipinski definition) is 1. The Morgan fingerprint density at radius 2 is 2.45 bits per heavy atom. The van der Waals surface area contributed by atoms with E-state index in [1.54, 1.807) is 0 Å². The van der Waals surface area contributed by atoms with Crippen LogP contribution in [-0.2, 0) is 4.74 Å². The van der Waals surface area contributed by atoms with Gasteiger partial charge in [-0.1, -0.05) is 0 Å². The molecule has 59 valence electrons. The molecule has 0 aromatic carbocycles. The van der Waals surface area contributed by atoms with Crippen molar-refractivity contribution in [1.29, 1.82) is 0 Å². The number of fused-ring (bicyclic) bond motifs is 1. The fourth-order valence-electron chi connectivity index (χ4n) is 2.64. The first-order chi connectivity index (χ1) is 5.33. The highest BCUT2D eigenvalue weighted by atomic mass is 16.6. The lowest BCUT2D eigenvalue weighted by molar-refractivity contribution is 0.0437. The molecule has 2 aliphatic carbocycles. The van der Waals surface area contributed by atoms with Gasteiger partial charge in [-0.15, -0.1) is 0 Å².